The standard InChI is InChI=1S/Cl3H2P2/c1-5(2,3)4/h4H2/q+1. The van der Waals surface area contributed by atoms with Crippen molar-refractivity contribution in [3.63, 3.8) is 0 Å². The van der Waals surface area contributed by atoms with Gasteiger partial charge in [0.1, 0.15) is 33.7 Å². The molecule has 0 radical (unpaired) electrons. The van der Waals surface area contributed by atoms with E-state index in [0.29, 0.717) is 0 Å². The van der Waals surface area contributed by atoms with E-state index in [1.807, 2.05) is 0 Å². The molecule has 0 aromatic rings. The SMILES string of the molecule is P[P+](Cl)(Cl)Cl. The fraction of sp³-hybridized carbons (Fsp3) is 0. The third kappa shape index (κ3) is 26.6. The third-order valence-electron chi connectivity index (χ3n) is 0. The van der Waals surface area contributed by atoms with Gasteiger partial charge in [-0.05, 0) is 0 Å². The summed E-state index contributed by atoms with van der Waals surface area (Å²) in [5, 5.41) is -2.06. The zero-order valence-electron chi connectivity index (χ0n) is 2.16. The van der Waals surface area contributed by atoms with Crippen molar-refractivity contribution in [2.24, 2.45) is 0 Å². The second-order valence-corrected chi connectivity index (χ2v) is 13.1. The van der Waals surface area contributed by atoms with Crippen LogP contribution in [0, 0.1) is 0 Å². The molecule has 1 atom stereocenters. The van der Waals surface area contributed by atoms with Crippen LogP contribution in [0.2, 0.25) is 0 Å². The summed E-state index contributed by atoms with van der Waals surface area (Å²) in [7, 11) is 2.12. The van der Waals surface area contributed by atoms with Gasteiger partial charge < -0.3 is 0 Å². The van der Waals surface area contributed by atoms with Gasteiger partial charge in [0.25, 0.3) is 0 Å². The number of hydrogen-bond donors (Lipinski definition) is 0. The number of halogens is 3. The zero-order chi connectivity index (χ0) is 4.50. The van der Waals surface area contributed by atoms with Crippen molar-refractivity contribution >= 4 is 47.7 Å². The Bertz CT molecular complexity index is 20.4. The molecule has 0 aliphatic rings. The molecular formula is H2Cl3P2+. The van der Waals surface area contributed by atoms with Gasteiger partial charge in [0.15, 0.2) is 0 Å². The third-order valence-corrected chi connectivity index (χ3v) is 0. The predicted octanol–water partition coefficient (Wildman–Crippen LogP) is 3.26. The summed E-state index contributed by atoms with van der Waals surface area (Å²) >= 11 is 15.4. The van der Waals surface area contributed by atoms with Crippen molar-refractivity contribution < 1.29 is 0 Å². The summed E-state index contributed by atoms with van der Waals surface area (Å²) in [6.45, 7) is 0. The van der Waals surface area contributed by atoms with E-state index in [1.165, 1.54) is 0 Å². The predicted molar refractivity (Wildman–Crippen MR) is 34.2 cm³/mol. The molecule has 0 amide bonds. The van der Waals surface area contributed by atoms with E-state index in [2.05, 4.69) is 8.93 Å². The molecule has 1 unspecified atom stereocenters. The molecule has 5 heteroatoms. The van der Waals surface area contributed by atoms with Gasteiger partial charge in [-0.1, -0.05) is 0 Å². The largest absolute Gasteiger partial charge is 0.318 e. The lowest BCUT2D eigenvalue weighted by Crippen LogP contribution is -1.20. The van der Waals surface area contributed by atoms with E-state index in [4.69, 9.17) is 33.7 Å². The first-order chi connectivity index (χ1) is 2.00. The minimum Gasteiger partial charge on any atom is 0.0831 e. The Morgan fingerprint density at radius 1 is 1.20 bits per heavy atom. The number of hydrogen-bond acceptors (Lipinski definition) is 0. The molecule has 0 aliphatic heterocycles. The second-order valence-electron chi connectivity index (χ2n) is 0.484. The summed E-state index contributed by atoms with van der Waals surface area (Å²) in [6, 6.07) is 0. The molecule has 32 valence electrons. The van der Waals surface area contributed by atoms with Crippen LogP contribution in [0.3, 0.4) is 0 Å². The molecule has 0 aromatic carbocycles. The maximum Gasteiger partial charge on any atom is 0.318 e. The van der Waals surface area contributed by atoms with Crippen LogP contribution < -0.4 is 0 Å². The van der Waals surface area contributed by atoms with Crippen LogP contribution in [0.4, 0.5) is 0 Å². The summed E-state index contributed by atoms with van der Waals surface area (Å²) in [5.74, 6) is 0. The second kappa shape index (κ2) is 2.15. The fourth-order valence-electron chi connectivity index (χ4n) is 0. The van der Waals surface area contributed by atoms with Crippen molar-refractivity contribution in [1.29, 1.82) is 0 Å². The van der Waals surface area contributed by atoms with Gasteiger partial charge in [-0.3, -0.25) is 0 Å². The maximum atomic E-state index is 5.14. The van der Waals surface area contributed by atoms with Crippen LogP contribution in [0.15, 0.2) is 0 Å². The summed E-state index contributed by atoms with van der Waals surface area (Å²) in [6.07, 6.45) is 0. The zero-order valence-corrected chi connectivity index (χ0v) is 6.48. The smallest absolute Gasteiger partial charge is 0.0831 e. The Morgan fingerprint density at radius 3 is 1.20 bits per heavy atom. The van der Waals surface area contributed by atoms with Crippen LogP contribution in [0.25, 0.3) is 0 Å². The minimum absolute atomic E-state index is 2.06. The van der Waals surface area contributed by atoms with Gasteiger partial charge in [0.05, 0.1) is 8.93 Å². The van der Waals surface area contributed by atoms with E-state index >= 15 is 0 Å². The molecule has 0 heterocycles. The van der Waals surface area contributed by atoms with Crippen molar-refractivity contribution in [2.45, 2.75) is 0 Å². The van der Waals surface area contributed by atoms with Crippen molar-refractivity contribution in [3.8, 4) is 0 Å². The van der Waals surface area contributed by atoms with Crippen molar-refractivity contribution in [3.05, 3.63) is 0 Å². The molecule has 0 spiro atoms. The molecule has 0 N–H and O–H groups in total. The molecule has 0 aliphatic carbocycles. The van der Waals surface area contributed by atoms with Gasteiger partial charge in [-0.2, -0.15) is 0 Å². The highest BCUT2D eigenvalue weighted by atomic mass is 36.1. The summed E-state index contributed by atoms with van der Waals surface area (Å²) in [4.78, 5) is 0. The fourth-order valence-corrected chi connectivity index (χ4v) is 0. The minimum atomic E-state index is -2.06. The Hall–Kier alpha value is 1.73. The quantitative estimate of drug-likeness (QED) is 0.490. The maximum absolute atomic E-state index is 5.14. The normalized spacial score (nSPS) is 12.0. The van der Waals surface area contributed by atoms with Crippen molar-refractivity contribution in [2.75, 3.05) is 0 Å². The van der Waals surface area contributed by atoms with Gasteiger partial charge >= 0.3 is 5.01 Å². The van der Waals surface area contributed by atoms with Gasteiger partial charge in [-0.25, -0.2) is 0 Å². The lowest BCUT2D eigenvalue weighted by Gasteiger charge is -1.78. The topological polar surface area (TPSA) is 0 Å². The van der Waals surface area contributed by atoms with Crippen LogP contribution in [-0.4, -0.2) is 0 Å². The van der Waals surface area contributed by atoms with E-state index in [1.54, 1.807) is 0 Å². The lowest BCUT2D eigenvalue weighted by atomic mass is 29.7. The van der Waals surface area contributed by atoms with E-state index in [0.717, 1.165) is 0 Å². The van der Waals surface area contributed by atoms with E-state index in [-0.39, 0.29) is 0 Å². The Labute approximate surface area is 48.0 Å². The highest BCUT2D eigenvalue weighted by molar-refractivity contribution is 8.61. The molecule has 0 bridgehead atoms. The Morgan fingerprint density at radius 2 is 1.20 bits per heavy atom. The molecule has 0 saturated carbocycles. The molecule has 0 nitrogen and oxygen atoms in total. The van der Waals surface area contributed by atoms with Crippen LogP contribution in [-0.2, 0) is 0 Å². The first-order valence-corrected chi connectivity index (χ1v) is 6.89. The number of rotatable bonds is 0. The highest BCUT2D eigenvalue weighted by Crippen LogP contribution is 2.80. The van der Waals surface area contributed by atoms with E-state index < -0.39 is 5.01 Å². The van der Waals surface area contributed by atoms with Gasteiger partial charge in [0, 0.05) is 0 Å². The summed E-state index contributed by atoms with van der Waals surface area (Å²) < 4.78 is 0. The van der Waals surface area contributed by atoms with Crippen LogP contribution in [0.5, 0.6) is 0 Å². The van der Waals surface area contributed by atoms with Crippen LogP contribution in [0.1, 0.15) is 0 Å². The van der Waals surface area contributed by atoms with E-state index in [9.17, 15) is 0 Å². The van der Waals surface area contributed by atoms with Gasteiger partial charge in [0.2, 0.25) is 0 Å². The molecule has 0 aromatic heterocycles. The monoisotopic (exact) mass is 169 g/mol. The molecule has 0 fully saturated rings. The summed E-state index contributed by atoms with van der Waals surface area (Å²) in [5.41, 5.74) is 0. The van der Waals surface area contributed by atoms with Gasteiger partial charge in [-0.15, -0.1) is 0 Å². The Balaban J connectivity index is 3.02. The lowest BCUT2D eigenvalue weighted by molar-refractivity contribution is 4.42. The molecular weight excluding hydrogens is 168 g/mol. The Kier molecular flexibility index (Phi) is 2.89. The molecule has 5 heavy (non-hydrogen) atoms. The first-order valence-electron chi connectivity index (χ1n) is 0.765. The molecule has 0 saturated heterocycles. The average Bonchev–Trinajstić information content (AvgIpc) is 0.722. The first kappa shape index (κ1) is 6.73. The average molecular weight is 170 g/mol. The highest BCUT2D eigenvalue weighted by Gasteiger charge is 2.22. The molecule has 0 rings (SSSR count). The van der Waals surface area contributed by atoms with Crippen LogP contribution >= 0.6 is 47.7 Å². The van der Waals surface area contributed by atoms with Crippen molar-refractivity contribution in [1.82, 2.24) is 0 Å².